The average molecular weight is 384 g/mol. The molecule has 2 atom stereocenters. The minimum Gasteiger partial charge on any atom is -0.492 e. The fraction of sp³-hybridized carbons (Fsp3) is 0.412. The van der Waals surface area contributed by atoms with Gasteiger partial charge in [0.05, 0.1) is 24.5 Å². The number of benzene rings is 1. The summed E-state index contributed by atoms with van der Waals surface area (Å²) in [6.45, 7) is 2.99. The molecule has 1 N–H and O–H groups in total. The summed E-state index contributed by atoms with van der Waals surface area (Å²) in [7, 11) is 0. The van der Waals surface area contributed by atoms with E-state index in [4.69, 9.17) is 27.9 Å². The van der Waals surface area contributed by atoms with Gasteiger partial charge < -0.3 is 14.7 Å². The molecule has 8 heteroatoms. The highest BCUT2D eigenvalue weighted by Crippen LogP contribution is 2.29. The Morgan fingerprint density at radius 3 is 2.68 bits per heavy atom. The van der Waals surface area contributed by atoms with Crippen LogP contribution < -0.4 is 15.2 Å². The lowest BCUT2D eigenvalue weighted by Gasteiger charge is -2.24. The van der Waals surface area contributed by atoms with Crippen molar-refractivity contribution in [1.29, 1.82) is 0 Å². The van der Waals surface area contributed by atoms with Gasteiger partial charge in [0.15, 0.2) is 0 Å². The summed E-state index contributed by atoms with van der Waals surface area (Å²) in [5.41, 5.74) is 0.193. The number of rotatable bonds is 5. The SMILES string of the molecule is CC1CC(O)CN1c1cnn(CCOc2ccc(Cl)cc2)c(=O)c1Cl. The molecule has 2 aromatic rings. The van der Waals surface area contributed by atoms with Gasteiger partial charge in [0.1, 0.15) is 17.4 Å². The Morgan fingerprint density at radius 2 is 2.04 bits per heavy atom. The van der Waals surface area contributed by atoms with E-state index in [1.165, 1.54) is 4.68 Å². The van der Waals surface area contributed by atoms with Crippen molar-refractivity contribution in [3.8, 4) is 5.75 Å². The van der Waals surface area contributed by atoms with Gasteiger partial charge >= 0.3 is 0 Å². The molecule has 1 aliphatic rings. The molecule has 0 aliphatic carbocycles. The van der Waals surface area contributed by atoms with E-state index < -0.39 is 6.10 Å². The van der Waals surface area contributed by atoms with E-state index in [0.29, 0.717) is 29.4 Å². The molecule has 0 bridgehead atoms. The van der Waals surface area contributed by atoms with E-state index in [1.807, 2.05) is 11.8 Å². The first-order chi connectivity index (χ1) is 12.0. The Hall–Kier alpha value is -1.76. The Morgan fingerprint density at radius 1 is 1.32 bits per heavy atom. The molecule has 1 aromatic heterocycles. The number of aromatic nitrogens is 2. The molecule has 1 saturated heterocycles. The van der Waals surface area contributed by atoms with E-state index in [-0.39, 0.29) is 29.8 Å². The van der Waals surface area contributed by atoms with E-state index in [2.05, 4.69) is 5.10 Å². The Kier molecular flexibility index (Phi) is 5.51. The van der Waals surface area contributed by atoms with Crippen molar-refractivity contribution in [1.82, 2.24) is 9.78 Å². The molecule has 25 heavy (non-hydrogen) atoms. The highest BCUT2D eigenvalue weighted by molar-refractivity contribution is 6.33. The van der Waals surface area contributed by atoms with Gasteiger partial charge in [-0.05, 0) is 37.6 Å². The number of ether oxygens (including phenoxy) is 1. The van der Waals surface area contributed by atoms with Crippen LogP contribution in [-0.4, -0.2) is 40.2 Å². The van der Waals surface area contributed by atoms with Crippen molar-refractivity contribution in [2.24, 2.45) is 0 Å². The average Bonchev–Trinajstić information content (AvgIpc) is 2.92. The van der Waals surface area contributed by atoms with Crippen LogP contribution in [0.2, 0.25) is 10.0 Å². The van der Waals surface area contributed by atoms with Gasteiger partial charge in [-0.3, -0.25) is 4.79 Å². The summed E-state index contributed by atoms with van der Waals surface area (Å²) >= 11 is 12.1. The fourth-order valence-electron chi connectivity index (χ4n) is 2.93. The second kappa shape index (κ2) is 7.64. The number of hydrogen-bond donors (Lipinski definition) is 1. The minimum absolute atomic E-state index is 0.109. The highest BCUT2D eigenvalue weighted by Gasteiger charge is 2.30. The molecule has 0 spiro atoms. The van der Waals surface area contributed by atoms with Crippen LogP contribution in [0.15, 0.2) is 35.3 Å². The van der Waals surface area contributed by atoms with Gasteiger partial charge in [-0.25, -0.2) is 4.68 Å². The molecule has 134 valence electrons. The van der Waals surface area contributed by atoms with Gasteiger partial charge in [-0.15, -0.1) is 0 Å². The number of aliphatic hydroxyl groups excluding tert-OH is 1. The molecule has 2 unspecified atom stereocenters. The third-order valence-corrected chi connectivity index (χ3v) is 4.82. The van der Waals surface area contributed by atoms with Gasteiger partial charge in [-0.1, -0.05) is 23.2 Å². The maximum atomic E-state index is 12.4. The quantitative estimate of drug-likeness (QED) is 0.859. The third kappa shape index (κ3) is 4.08. The van der Waals surface area contributed by atoms with Gasteiger partial charge in [-0.2, -0.15) is 5.10 Å². The first kappa shape index (κ1) is 18.0. The van der Waals surface area contributed by atoms with Crippen LogP contribution in [0, 0.1) is 0 Å². The summed E-state index contributed by atoms with van der Waals surface area (Å²) in [6.07, 6.45) is 1.80. The van der Waals surface area contributed by atoms with Crippen molar-refractivity contribution < 1.29 is 9.84 Å². The van der Waals surface area contributed by atoms with Crippen molar-refractivity contribution in [3.05, 3.63) is 50.9 Å². The molecule has 2 heterocycles. The van der Waals surface area contributed by atoms with Crippen LogP contribution in [0.5, 0.6) is 5.75 Å². The summed E-state index contributed by atoms with van der Waals surface area (Å²) in [6, 6.07) is 7.10. The van der Waals surface area contributed by atoms with Crippen LogP contribution in [-0.2, 0) is 6.54 Å². The molecular weight excluding hydrogens is 365 g/mol. The van der Waals surface area contributed by atoms with Crippen LogP contribution >= 0.6 is 23.2 Å². The molecule has 0 radical (unpaired) electrons. The summed E-state index contributed by atoms with van der Waals surface area (Å²) in [4.78, 5) is 14.3. The molecule has 1 fully saturated rings. The maximum absolute atomic E-state index is 12.4. The lowest BCUT2D eigenvalue weighted by molar-refractivity contribution is 0.195. The number of β-amino-alcohol motifs (C(OH)–C–C–N with tert-alkyl or cyclic N) is 1. The van der Waals surface area contributed by atoms with Crippen LogP contribution in [0.1, 0.15) is 13.3 Å². The van der Waals surface area contributed by atoms with Gasteiger partial charge in [0.2, 0.25) is 0 Å². The van der Waals surface area contributed by atoms with Crippen LogP contribution in [0.25, 0.3) is 0 Å². The molecule has 3 rings (SSSR count). The lowest BCUT2D eigenvalue weighted by atomic mass is 10.2. The molecule has 0 saturated carbocycles. The topological polar surface area (TPSA) is 67.6 Å². The molecule has 0 amide bonds. The minimum atomic E-state index is -0.415. The number of hydrogen-bond acceptors (Lipinski definition) is 5. The number of nitrogens with zero attached hydrogens (tertiary/aromatic N) is 3. The molecule has 1 aromatic carbocycles. The van der Waals surface area contributed by atoms with Gasteiger partial charge in [0, 0.05) is 17.6 Å². The maximum Gasteiger partial charge on any atom is 0.287 e. The Labute approximate surface area is 155 Å². The third-order valence-electron chi connectivity index (χ3n) is 4.21. The zero-order valence-corrected chi connectivity index (χ0v) is 15.2. The van der Waals surface area contributed by atoms with E-state index in [1.54, 1.807) is 30.5 Å². The second-order valence-corrected chi connectivity index (χ2v) is 6.88. The molecular formula is C17H19Cl2N3O3. The van der Waals surface area contributed by atoms with Crippen molar-refractivity contribution in [2.45, 2.75) is 32.0 Å². The van der Waals surface area contributed by atoms with Crippen LogP contribution in [0.3, 0.4) is 0 Å². The van der Waals surface area contributed by atoms with E-state index >= 15 is 0 Å². The Balaban J connectivity index is 1.68. The first-order valence-corrected chi connectivity index (χ1v) is 8.80. The summed E-state index contributed by atoms with van der Waals surface area (Å²) in [5, 5.41) is 14.7. The van der Waals surface area contributed by atoms with E-state index in [9.17, 15) is 9.90 Å². The van der Waals surface area contributed by atoms with E-state index in [0.717, 1.165) is 0 Å². The second-order valence-electron chi connectivity index (χ2n) is 6.07. The smallest absolute Gasteiger partial charge is 0.287 e. The molecule has 1 aliphatic heterocycles. The van der Waals surface area contributed by atoms with Crippen molar-refractivity contribution in [2.75, 3.05) is 18.1 Å². The number of aliphatic hydroxyl groups is 1. The normalized spacial score (nSPS) is 20.1. The lowest BCUT2D eigenvalue weighted by Crippen LogP contribution is -2.32. The predicted molar refractivity (Wildman–Crippen MR) is 97.9 cm³/mol. The molecule has 6 nitrogen and oxygen atoms in total. The van der Waals surface area contributed by atoms with Gasteiger partial charge in [0.25, 0.3) is 5.56 Å². The zero-order valence-electron chi connectivity index (χ0n) is 13.7. The predicted octanol–water partition coefficient (Wildman–Crippen LogP) is 2.59. The van der Waals surface area contributed by atoms with Crippen LogP contribution in [0.4, 0.5) is 5.69 Å². The number of halogens is 2. The highest BCUT2D eigenvalue weighted by atomic mass is 35.5. The van der Waals surface area contributed by atoms with Crippen molar-refractivity contribution >= 4 is 28.9 Å². The number of anilines is 1. The zero-order chi connectivity index (χ0) is 18.0. The standard InChI is InChI=1S/C17H19Cl2N3O3/c1-11-8-13(23)10-21(11)15-9-20-22(17(24)16(15)19)6-7-25-14-4-2-12(18)3-5-14/h2-5,9,11,13,23H,6-8,10H2,1H3. The fourth-order valence-corrected chi connectivity index (χ4v) is 3.32. The Bertz CT molecular complexity index is 795. The first-order valence-electron chi connectivity index (χ1n) is 8.04. The summed E-state index contributed by atoms with van der Waals surface area (Å²) < 4.78 is 6.85. The largest absolute Gasteiger partial charge is 0.492 e. The monoisotopic (exact) mass is 383 g/mol. The summed E-state index contributed by atoms with van der Waals surface area (Å²) in [5.74, 6) is 0.667. The van der Waals surface area contributed by atoms with Crippen molar-refractivity contribution in [3.63, 3.8) is 0 Å².